The molecule has 4 radical (unpaired) electrons. The molecule has 4 heteroatoms. The number of rotatable bonds is 12. The average molecular weight is 1070 g/mol. The second-order valence-corrected chi connectivity index (χ2v) is 23.6. The Kier molecular flexibility index (Phi) is 17.8. The van der Waals surface area contributed by atoms with Crippen LogP contribution in [0.4, 0.5) is 8.78 Å². The topological polar surface area (TPSA) is 0 Å². The summed E-state index contributed by atoms with van der Waals surface area (Å²) in [6, 6.07) is 33.5. The van der Waals surface area contributed by atoms with E-state index in [1.165, 1.54) is 73.9 Å². The molecule has 6 rings (SSSR count). The summed E-state index contributed by atoms with van der Waals surface area (Å²) >= 11 is 1.87. The summed E-state index contributed by atoms with van der Waals surface area (Å²) in [5.41, 5.74) is 19.8. The number of hydrogen-bond acceptors (Lipinski definition) is 0. The zero-order valence-corrected chi connectivity index (χ0v) is 48.4. The molecule has 0 amide bonds. The minimum atomic E-state index is -0.144. The molecule has 0 nitrogen and oxygen atoms in total. The van der Waals surface area contributed by atoms with E-state index in [1.54, 1.807) is 24.3 Å². The van der Waals surface area contributed by atoms with Gasteiger partial charge < -0.3 is 0 Å². The fourth-order valence-corrected chi connectivity index (χ4v) is 12.1. The molecular formula is C60H74F2Sn2. The standard InChI is InChI=1S/2C30H36F.2Sn.2H/c2*1-18(2)25-11-9-12-26(19(3)4)29(25)22-15-23(17-24(31)16-22)30-27(20(5)6)13-10-14-28(30)21(7)8;;;;/h2*9-14,16-21H,1-8H3;;;;. The molecule has 0 unspecified atom stereocenters. The number of halogens is 2. The van der Waals surface area contributed by atoms with Gasteiger partial charge in [-0.1, -0.05) is 0 Å². The van der Waals surface area contributed by atoms with Crippen LogP contribution in [0.1, 0.15) is 203 Å². The van der Waals surface area contributed by atoms with Crippen LogP contribution in [-0.2, 0) is 0 Å². The Bertz CT molecular complexity index is 2120. The van der Waals surface area contributed by atoms with Gasteiger partial charge >= 0.3 is 417 Å². The maximum atomic E-state index is 15.3. The Labute approximate surface area is 413 Å². The van der Waals surface area contributed by atoms with Crippen molar-refractivity contribution < 1.29 is 8.78 Å². The van der Waals surface area contributed by atoms with E-state index in [0.29, 0.717) is 47.3 Å². The summed E-state index contributed by atoms with van der Waals surface area (Å²) in [7, 11) is 0. The van der Waals surface area contributed by atoms with Gasteiger partial charge in [0.25, 0.3) is 0 Å². The molecule has 0 aliphatic rings. The van der Waals surface area contributed by atoms with Crippen LogP contribution < -0.4 is 7.16 Å². The van der Waals surface area contributed by atoms with Crippen molar-refractivity contribution in [1.82, 2.24) is 0 Å². The van der Waals surface area contributed by atoms with Gasteiger partial charge in [0.15, 0.2) is 0 Å². The second-order valence-electron chi connectivity index (χ2n) is 20.3. The van der Waals surface area contributed by atoms with Crippen LogP contribution in [0, 0.1) is 11.6 Å². The van der Waals surface area contributed by atoms with Crippen molar-refractivity contribution >= 4 is 52.2 Å². The number of hydrogen-bond donors (Lipinski definition) is 0. The molecule has 6 aromatic carbocycles. The predicted octanol–water partition coefficient (Wildman–Crippen LogP) is 16.4. The minimum absolute atomic E-state index is 0.144. The molecule has 0 aliphatic heterocycles. The van der Waals surface area contributed by atoms with Crippen LogP contribution in [0.5, 0.6) is 0 Å². The van der Waals surface area contributed by atoms with E-state index in [0.717, 1.165) is 67.3 Å². The van der Waals surface area contributed by atoms with Gasteiger partial charge in [-0.05, 0) is 0 Å². The van der Waals surface area contributed by atoms with Gasteiger partial charge in [-0.3, -0.25) is 0 Å². The van der Waals surface area contributed by atoms with Crippen LogP contribution in [0.15, 0.2) is 97.1 Å². The Morgan fingerprint density at radius 2 is 0.422 bits per heavy atom. The molecule has 0 heterocycles. The summed E-state index contributed by atoms with van der Waals surface area (Å²) in [5.74, 6) is 2.75. The quantitative estimate of drug-likeness (QED) is 0.107. The molecule has 6 aromatic rings. The first-order valence-electron chi connectivity index (χ1n) is 23.8. The summed E-state index contributed by atoms with van der Waals surface area (Å²) in [5, 5.41) is 0. The van der Waals surface area contributed by atoms with Crippen LogP contribution >= 0.6 is 0 Å². The normalized spacial score (nSPS) is 11.9. The van der Waals surface area contributed by atoms with E-state index in [-0.39, 0.29) is 11.6 Å². The van der Waals surface area contributed by atoms with Gasteiger partial charge in [0.05, 0.1) is 0 Å². The first-order valence-corrected chi connectivity index (χ1v) is 27.1. The molecule has 0 spiro atoms. The fourth-order valence-electron chi connectivity index (χ4n) is 9.51. The van der Waals surface area contributed by atoms with Crippen molar-refractivity contribution in [3.05, 3.63) is 153 Å². The first-order chi connectivity index (χ1) is 30.1. The van der Waals surface area contributed by atoms with Gasteiger partial charge in [0.1, 0.15) is 0 Å². The molecule has 0 bridgehead atoms. The van der Waals surface area contributed by atoms with E-state index < -0.39 is 0 Å². The van der Waals surface area contributed by atoms with Crippen LogP contribution in [0.3, 0.4) is 0 Å². The van der Waals surface area contributed by atoms with Crippen LogP contribution in [0.25, 0.3) is 44.5 Å². The van der Waals surface area contributed by atoms with Gasteiger partial charge in [-0.25, -0.2) is 0 Å². The van der Waals surface area contributed by atoms with E-state index in [2.05, 4.69) is 184 Å². The van der Waals surface area contributed by atoms with Gasteiger partial charge in [0.2, 0.25) is 0 Å². The third-order valence-electron chi connectivity index (χ3n) is 12.9. The van der Waals surface area contributed by atoms with Crippen molar-refractivity contribution in [2.24, 2.45) is 0 Å². The molecule has 336 valence electrons. The molecule has 0 aliphatic carbocycles. The van der Waals surface area contributed by atoms with Crippen molar-refractivity contribution in [3.8, 4) is 44.5 Å². The Hall–Kier alpha value is -3.22. The van der Waals surface area contributed by atoms with Gasteiger partial charge in [-0.2, -0.15) is 0 Å². The van der Waals surface area contributed by atoms with Gasteiger partial charge in [-0.15, -0.1) is 0 Å². The molecule has 0 atom stereocenters. The summed E-state index contributed by atoms with van der Waals surface area (Å²) in [4.78, 5) is 0. The number of benzene rings is 6. The molecule has 0 fully saturated rings. The van der Waals surface area contributed by atoms with Crippen LogP contribution in [0.2, 0.25) is 0 Å². The van der Waals surface area contributed by atoms with Crippen molar-refractivity contribution in [1.29, 1.82) is 0 Å². The van der Waals surface area contributed by atoms with Crippen molar-refractivity contribution in [2.45, 2.75) is 158 Å². The van der Waals surface area contributed by atoms with E-state index >= 15 is 8.78 Å². The third-order valence-corrected chi connectivity index (χ3v) is 16.4. The summed E-state index contributed by atoms with van der Waals surface area (Å²) in [6.07, 6.45) is 0. The molecule has 0 saturated heterocycles. The predicted molar refractivity (Wildman–Crippen MR) is 281 cm³/mol. The van der Waals surface area contributed by atoms with E-state index in [9.17, 15) is 0 Å². The molecule has 64 heavy (non-hydrogen) atoms. The first kappa shape index (κ1) is 51.8. The van der Waals surface area contributed by atoms with Crippen molar-refractivity contribution in [2.75, 3.05) is 0 Å². The molecular weight excluding hydrogens is 996 g/mol. The second kappa shape index (κ2) is 22.1. The molecule has 0 saturated carbocycles. The van der Waals surface area contributed by atoms with E-state index in [4.69, 9.17) is 0 Å². The average Bonchev–Trinajstić information content (AvgIpc) is 3.23. The summed E-state index contributed by atoms with van der Waals surface area (Å²) in [6.45, 7) is 35.8. The SMILES string of the molecule is CC(C)c1cccc(C(C)C)c1-c1cc(F)cc(-c2c(C(C)C)cccc2C(C)C)[c]1[SnH].CC(C)c1cccc(C(C)C)c1-c1cc(F)cc(-c2c(C(C)C)cccc2C(C)C)[c]1[SnH]. The summed E-state index contributed by atoms with van der Waals surface area (Å²) < 4.78 is 33.2. The van der Waals surface area contributed by atoms with Gasteiger partial charge in [0, 0.05) is 0 Å². The Morgan fingerprint density at radius 3 is 0.547 bits per heavy atom. The van der Waals surface area contributed by atoms with Crippen LogP contribution in [-0.4, -0.2) is 45.0 Å². The Morgan fingerprint density at radius 1 is 0.281 bits per heavy atom. The Balaban J connectivity index is 0.000000241. The fraction of sp³-hybridized carbons (Fsp3) is 0.400. The molecule has 0 N–H and O–H groups in total. The zero-order valence-electron chi connectivity index (χ0n) is 41.8. The molecule has 0 aromatic heterocycles. The van der Waals surface area contributed by atoms with Crippen molar-refractivity contribution in [3.63, 3.8) is 0 Å². The van der Waals surface area contributed by atoms with E-state index in [1.807, 2.05) is 0 Å². The maximum absolute atomic E-state index is 15.3. The monoisotopic (exact) mass is 1070 g/mol. The zero-order chi connectivity index (χ0) is 47.5. The third kappa shape index (κ3) is 11.1.